The van der Waals surface area contributed by atoms with E-state index in [-0.39, 0.29) is 10.0 Å². The summed E-state index contributed by atoms with van der Waals surface area (Å²) in [6, 6.07) is 1.44. The lowest BCUT2D eigenvalue weighted by Gasteiger charge is -2.26. The molecule has 0 aromatic carbocycles. The van der Waals surface area contributed by atoms with Gasteiger partial charge in [0.1, 0.15) is 10.0 Å². The van der Waals surface area contributed by atoms with Crippen molar-refractivity contribution in [1.29, 1.82) is 0 Å². The van der Waals surface area contributed by atoms with Crippen LogP contribution >= 0.6 is 27.5 Å². The molecule has 0 spiro atoms. The van der Waals surface area contributed by atoms with Crippen molar-refractivity contribution in [3.05, 3.63) is 21.9 Å². The van der Waals surface area contributed by atoms with E-state index < -0.39 is 10.0 Å². The molecule has 1 N–H and O–H groups in total. The molecule has 21 heavy (non-hydrogen) atoms. The summed E-state index contributed by atoms with van der Waals surface area (Å²) in [4.78, 5) is 6.07. The Balaban J connectivity index is 1.85. The molecule has 0 bridgehead atoms. The number of hydrogen-bond acceptors (Lipinski definition) is 5. The Hall–Kier alpha value is -0.250. The fourth-order valence-corrected chi connectivity index (χ4v) is 4.02. The van der Waals surface area contributed by atoms with Crippen molar-refractivity contribution in [2.75, 3.05) is 39.4 Å². The SMILES string of the molecule is O=S(=O)(NCCCN1CCOCC1)c1cc(Br)cnc1Cl. The van der Waals surface area contributed by atoms with Crippen LogP contribution in [-0.4, -0.2) is 57.7 Å². The fourth-order valence-electron chi connectivity index (χ4n) is 2.00. The molecular weight excluding hydrogens is 382 g/mol. The van der Waals surface area contributed by atoms with E-state index in [1.54, 1.807) is 0 Å². The standard InChI is InChI=1S/C12H17BrClN3O3S/c13-10-8-11(12(14)15-9-10)21(18,19)16-2-1-3-17-4-6-20-7-5-17/h8-9,16H,1-7H2. The van der Waals surface area contributed by atoms with Crippen LogP contribution in [0.1, 0.15) is 6.42 Å². The second-order valence-electron chi connectivity index (χ2n) is 4.65. The number of halogens is 2. The largest absolute Gasteiger partial charge is 0.379 e. The predicted molar refractivity (Wildman–Crippen MR) is 84.0 cm³/mol. The number of aromatic nitrogens is 1. The van der Waals surface area contributed by atoms with Crippen LogP contribution in [0.2, 0.25) is 5.15 Å². The van der Waals surface area contributed by atoms with Crippen LogP contribution in [0.3, 0.4) is 0 Å². The van der Waals surface area contributed by atoms with E-state index in [4.69, 9.17) is 16.3 Å². The van der Waals surface area contributed by atoms with Crippen molar-refractivity contribution in [3.63, 3.8) is 0 Å². The highest BCUT2D eigenvalue weighted by Crippen LogP contribution is 2.22. The van der Waals surface area contributed by atoms with Gasteiger partial charge >= 0.3 is 0 Å². The minimum atomic E-state index is -3.63. The van der Waals surface area contributed by atoms with E-state index in [0.29, 0.717) is 11.0 Å². The maximum atomic E-state index is 12.2. The van der Waals surface area contributed by atoms with E-state index >= 15 is 0 Å². The molecule has 0 radical (unpaired) electrons. The highest BCUT2D eigenvalue weighted by Gasteiger charge is 2.19. The number of morpholine rings is 1. The first-order valence-electron chi connectivity index (χ1n) is 6.60. The van der Waals surface area contributed by atoms with Gasteiger partial charge in [-0.25, -0.2) is 18.1 Å². The lowest BCUT2D eigenvalue weighted by atomic mass is 10.3. The molecule has 118 valence electrons. The Morgan fingerprint density at radius 3 is 2.86 bits per heavy atom. The van der Waals surface area contributed by atoms with Gasteiger partial charge in [0.15, 0.2) is 0 Å². The van der Waals surface area contributed by atoms with Gasteiger partial charge < -0.3 is 4.74 Å². The lowest BCUT2D eigenvalue weighted by molar-refractivity contribution is 0.0376. The topological polar surface area (TPSA) is 71.5 Å². The first kappa shape index (κ1) is 17.1. The monoisotopic (exact) mass is 397 g/mol. The fraction of sp³-hybridized carbons (Fsp3) is 0.583. The number of pyridine rings is 1. The average Bonchev–Trinajstić information content (AvgIpc) is 2.47. The summed E-state index contributed by atoms with van der Waals surface area (Å²) in [6.07, 6.45) is 2.19. The zero-order valence-electron chi connectivity index (χ0n) is 11.4. The summed E-state index contributed by atoms with van der Waals surface area (Å²) in [7, 11) is -3.63. The van der Waals surface area contributed by atoms with Gasteiger partial charge in [-0.2, -0.15) is 0 Å². The number of ether oxygens (including phenoxy) is 1. The summed E-state index contributed by atoms with van der Waals surface area (Å²) in [5.41, 5.74) is 0. The second-order valence-corrected chi connectivity index (χ2v) is 7.66. The van der Waals surface area contributed by atoms with Crippen LogP contribution in [-0.2, 0) is 14.8 Å². The number of rotatable bonds is 6. The lowest BCUT2D eigenvalue weighted by Crippen LogP contribution is -2.38. The van der Waals surface area contributed by atoms with Crippen molar-refractivity contribution in [1.82, 2.24) is 14.6 Å². The smallest absolute Gasteiger partial charge is 0.243 e. The molecule has 1 aliphatic heterocycles. The Morgan fingerprint density at radius 1 is 1.43 bits per heavy atom. The van der Waals surface area contributed by atoms with Crippen molar-refractivity contribution in [2.24, 2.45) is 0 Å². The number of nitrogens with zero attached hydrogens (tertiary/aromatic N) is 2. The van der Waals surface area contributed by atoms with Crippen molar-refractivity contribution in [2.45, 2.75) is 11.3 Å². The zero-order chi connectivity index (χ0) is 15.3. The Morgan fingerprint density at radius 2 is 2.14 bits per heavy atom. The van der Waals surface area contributed by atoms with Crippen LogP contribution in [0.4, 0.5) is 0 Å². The Labute approximate surface area is 138 Å². The number of nitrogens with one attached hydrogen (secondary N) is 1. The molecule has 1 saturated heterocycles. The molecule has 1 aromatic rings. The van der Waals surface area contributed by atoms with E-state index in [1.807, 2.05) is 0 Å². The van der Waals surface area contributed by atoms with Gasteiger partial charge in [0.05, 0.1) is 13.2 Å². The van der Waals surface area contributed by atoms with E-state index in [9.17, 15) is 8.42 Å². The summed E-state index contributed by atoms with van der Waals surface area (Å²) < 4.78 is 32.7. The van der Waals surface area contributed by atoms with E-state index in [0.717, 1.165) is 39.3 Å². The van der Waals surface area contributed by atoms with Gasteiger partial charge in [-0.15, -0.1) is 0 Å². The van der Waals surface area contributed by atoms with Gasteiger partial charge in [0, 0.05) is 30.3 Å². The van der Waals surface area contributed by atoms with Crippen LogP contribution < -0.4 is 4.72 Å². The van der Waals surface area contributed by atoms with Crippen LogP contribution in [0, 0.1) is 0 Å². The summed E-state index contributed by atoms with van der Waals surface area (Å²) in [6.45, 7) is 4.48. The maximum Gasteiger partial charge on any atom is 0.243 e. The van der Waals surface area contributed by atoms with Gasteiger partial charge in [0.2, 0.25) is 10.0 Å². The predicted octanol–water partition coefficient (Wildman–Crippen LogP) is 1.50. The number of hydrogen-bond donors (Lipinski definition) is 1. The summed E-state index contributed by atoms with van der Waals surface area (Å²) >= 11 is 9.03. The van der Waals surface area contributed by atoms with Crippen molar-refractivity contribution >= 4 is 37.6 Å². The normalized spacial score (nSPS) is 17.0. The van der Waals surface area contributed by atoms with Gasteiger partial charge in [-0.1, -0.05) is 11.6 Å². The molecule has 9 heteroatoms. The Bertz CT molecular complexity index is 579. The first-order valence-corrected chi connectivity index (χ1v) is 9.25. The molecule has 1 aromatic heterocycles. The third kappa shape index (κ3) is 5.15. The molecule has 0 atom stereocenters. The summed E-state index contributed by atoms with van der Waals surface area (Å²) in [5, 5.41) is -0.0288. The molecule has 2 heterocycles. The van der Waals surface area contributed by atoms with Crippen LogP contribution in [0.15, 0.2) is 21.6 Å². The molecule has 0 aliphatic carbocycles. The molecule has 6 nitrogen and oxygen atoms in total. The van der Waals surface area contributed by atoms with E-state index in [2.05, 4.69) is 30.5 Å². The highest BCUT2D eigenvalue weighted by atomic mass is 79.9. The molecule has 1 aliphatic rings. The minimum absolute atomic E-state index is 0.00934. The second kappa shape index (κ2) is 7.85. The van der Waals surface area contributed by atoms with Gasteiger partial charge in [0.25, 0.3) is 0 Å². The van der Waals surface area contributed by atoms with Crippen molar-refractivity contribution in [3.8, 4) is 0 Å². The first-order chi connectivity index (χ1) is 9.99. The minimum Gasteiger partial charge on any atom is -0.379 e. The van der Waals surface area contributed by atoms with E-state index in [1.165, 1.54) is 12.3 Å². The molecule has 0 saturated carbocycles. The highest BCUT2D eigenvalue weighted by molar-refractivity contribution is 9.10. The summed E-state index contributed by atoms with van der Waals surface area (Å²) in [5.74, 6) is 0. The van der Waals surface area contributed by atoms with Gasteiger partial charge in [-0.3, -0.25) is 4.90 Å². The third-order valence-electron chi connectivity index (χ3n) is 3.11. The van der Waals surface area contributed by atoms with Gasteiger partial charge in [-0.05, 0) is 35.0 Å². The molecular formula is C12H17BrClN3O3S. The maximum absolute atomic E-state index is 12.2. The molecule has 0 unspecified atom stereocenters. The van der Waals surface area contributed by atoms with Crippen LogP contribution in [0.5, 0.6) is 0 Å². The molecule has 1 fully saturated rings. The average molecular weight is 399 g/mol. The molecule has 0 amide bonds. The van der Waals surface area contributed by atoms with Crippen molar-refractivity contribution < 1.29 is 13.2 Å². The Kier molecular flexibility index (Phi) is 6.39. The quantitative estimate of drug-likeness (QED) is 0.581. The van der Waals surface area contributed by atoms with Crippen LogP contribution in [0.25, 0.3) is 0 Å². The zero-order valence-corrected chi connectivity index (χ0v) is 14.5. The molecule has 2 rings (SSSR count). The number of sulfonamides is 1. The third-order valence-corrected chi connectivity index (χ3v) is 5.43.